The standard InChI is InChI=1S/C12H16F3N3O/c1-8-4-9(12(13,14)15)5-11(17-8)18-2-3-19-10(6-16)7-18/h4-5,10H,2-3,6-7,16H2,1H3/t10-/m1/s1. The monoisotopic (exact) mass is 275 g/mol. The van der Waals surface area contributed by atoms with E-state index in [4.69, 9.17) is 10.5 Å². The lowest BCUT2D eigenvalue weighted by Gasteiger charge is -2.33. The van der Waals surface area contributed by atoms with Crippen molar-refractivity contribution in [3.8, 4) is 0 Å². The van der Waals surface area contributed by atoms with E-state index in [2.05, 4.69) is 4.98 Å². The number of morpholine rings is 1. The van der Waals surface area contributed by atoms with Crippen LogP contribution in [0.4, 0.5) is 19.0 Å². The number of aromatic nitrogens is 1. The van der Waals surface area contributed by atoms with Crippen molar-refractivity contribution in [2.24, 2.45) is 5.73 Å². The minimum atomic E-state index is -4.36. The molecule has 7 heteroatoms. The van der Waals surface area contributed by atoms with Crippen LogP contribution >= 0.6 is 0 Å². The molecule has 2 heterocycles. The molecule has 1 aromatic heterocycles. The van der Waals surface area contributed by atoms with Crippen LogP contribution in [0.25, 0.3) is 0 Å². The molecule has 1 aromatic rings. The Morgan fingerprint density at radius 3 is 2.84 bits per heavy atom. The van der Waals surface area contributed by atoms with Gasteiger partial charge in [0.25, 0.3) is 0 Å². The Balaban J connectivity index is 2.26. The van der Waals surface area contributed by atoms with E-state index in [-0.39, 0.29) is 6.10 Å². The fraction of sp³-hybridized carbons (Fsp3) is 0.583. The topological polar surface area (TPSA) is 51.4 Å². The molecule has 2 N–H and O–H groups in total. The second kappa shape index (κ2) is 5.34. The molecule has 0 amide bonds. The number of alkyl halides is 3. The van der Waals surface area contributed by atoms with Crippen LogP contribution in [-0.4, -0.2) is 37.3 Å². The zero-order valence-corrected chi connectivity index (χ0v) is 10.6. The van der Waals surface area contributed by atoms with E-state index in [0.717, 1.165) is 12.1 Å². The van der Waals surface area contributed by atoms with E-state index in [1.807, 2.05) is 0 Å². The van der Waals surface area contributed by atoms with Gasteiger partial charge in [0.1, 0.15) is 5.82 Å². The Bertz CT molecular complexity index is 450. The average Bonchev–Trinajstić information content (AvgIpc) is 2.37. The molecule has 0 spiro atoms. The van der Waals surface area contributed by atoms with E-state index >= 15 is 0 Å². The number of rotatable bonds is 2. The number of aryl methyl sites for hydroxylation is 1. The van der Waals surface area contributed by atoms with E-state index in [1.165, 1.54) is 0 Å². The highest BCUT2D eigenvalue weighted by molar-refractivity contribution is 5.44. The zero-order valence-electron chi connectivity index (χ0n) is 10.6. The molecule has 0 bridgehead atoms. The Kier molecular flexibility index (Phi) is 3.96. The summed E-state index contributed by atoms with van der Waals surface area (Å²) >= 11 is 0. The van der Waals surface area contributed by atoms with Crippen molar-refractivity contribution in [2.45, 2.75) is 19.2 Å². The fourth-order valence-electron chi connectivity index (χ4n) is 2.05. The molecule has 0 aliphatic carbocycles. The maximum absolute atomic E-state index is 12.8. The molecule has 1 fully saturated rings. The van der Waals surface area contributed by atoms with Crippen molar-refractivity contribution in [3.05, 3.63) is 23.4 Å². The second-order valence-corrected chi connectivity index (χ2v) is 4.53. The van der Waals surface area contributed by atoms with E-state index in [9.17, 15) is 13.2 Å². The summed E-state index contributed by atoms with van der Waals surface area (Å²) in [7, 11) is 0. The number of ether oxygens (including phenoxy) is 1. The molecule has 106 valence electrons. The summed E-state index contributed by atoms with van der Waals surface area (Å²) in [6.45, 7) is 3.32. The highest BCUT2D eigenvalue weighted by atomic mass is 19.4. The number of hydrogen-bond donors (Lipinski definition) is 1. The van der Waals surface area contributed by atoms with Crippen LogP contribution in [0.15, 0.2) is 12.1 Å². The molecule has 0 aromatic carbocycles. The SMILES string of the molecule is Cc1cc(C(F)(F)F)cc(N2CCO[C@H](CN)C2)n1. The van der Waals surface area contributed by atoms with Crippen molar-refractivity contribution >= 4 is 5.82 Å². The summed E-state index contributed by atoms with van der Waals surface area (Å²) in [4.78, 5) is 5.95. The summed E-state index contributed by atoms with van der Waals surface area (Å²) in [6.07, 6.45) is -4.52. The molecular formula is C12H16F3N3O. The first-order valence-electron chi connectivity index (χ1n) is 6.02. The summed E-state index contributed by atoms with van der Waals surface area (Å²) in [5.74, 6) is 0.328. The van der Waals surface area contributed by atoms with Crippen LogP contribution in [-0.2, 0) is 10.9 Å². The van der Waals surface area contributed by atoms with Crippen LogP contribution in [0.3, 0.4) is 0 Å². The lowest BCUT2D eigenvalue weighted by Crippen LogP contribution is -2.46. The van der Waals surface area contributed by atoms with Gasteiger partial charge >= 0.3 is 6.18 Å². The lowest BCUT2D eigenvalue weighted by atomic mass is 10.2. The first kappa shape index (κ1) is 14.1. The predicted molar refractivity (Wildman–Crippen MR) is 65.0 cm³/mol. The van der Waals surface area contributed by atoms with Crippen molar-refractivity contribution in [1.82, 2.24) is 4.98 Å². The van der Waals surface area contributed by atoms with Crippen LogP contribution in [0.2, 0.25) is 0 Å². The van der Waals surface area contributed by atoms with Gasteiger partial charge in [0.2, 0.25) is 0 Å². The Hall–Kier alpha value is -1.34. The van der Waals surface area contributed by atoms with E-state index < -0.39 is 11.7 Å². The number of nitrogens with zero attached hydrogens (tertiary/aromatic N) is 2. The molecule has 1 aliphatic rings. The van der Waals surface area contributed by atoms with Crippen LogP contribution in [0, 0.1) is 6.92 Å². The first-order chi connectivity index (χ1) is 8.90. The number of anilines is 1. The van der Waals surface area contributed by atoms with Gasteiger partial charge in [0.05, 0.1) is 18.3 Å². The van der Waals surface area contributed by atoms with Gasteiger partial charge in [-0.1, -0.05) is 0 Å². The molecule has 2 rings (SSSR count). The molecule has 0 radical (unpaired) electrons. The largest absolute Gasteiger partial charge is 0.416 e. The third kappa shape index (κ3) is 3.36. The number of nitrogens with two attached hydrogens (primary N) is 1. The smallest absolute Gasteiger partial charge is 0.373 e. The molecule has 1 atom stereocenters. The van der Waals surface area contributed by atoms with Gasteiger partial charge in [-0.15, -0.1) is 0 Å². The minimum absolute atomic E-state index is 0.162. The average molecular weight is 275 g/mol. The second-order valence-electron chi connectivity index (χ2n) is 4.53. The maximum Gasteiger partial charge on any atom is 0.416 e. The molecule has 19 heavy (non-hydrogen) atoms. The Morgan fingerprint density at radius 2 is 2.21 bits per heavy atom. The van der Waals surface area contributed by atoms with Gasteiger partial charge in [-0.05, 0) is 19.1 Å². The highest BCUT2D eigenvalue weighted by Gasteiger charge is 2.32. The predicted octanol–water partition coefficient (Wildman–Crippen LogP) is 1.57. The summed E-state index contributed by atoms with van der Waals surface area (Å²) in [5, 5.41) is 0. The summed E-state index contributed by atoms with van der Waals surface area (Å²) in [5.41, 5.74) is 5.19. The lowest BCUT2D eigenvalue weighted by molar-refractivity contribution is -0.137. The number of hydrogen-bond acceptors (Lipinski definition) is 4. The minimum Gasteiger partial charge on any atom is -0.373 e. The highest BCUT2D eigenvalue weighted by Crippen LogP contribution is 2.31. The quantitative estimate of drug-likeness (QED) is 0.890. The molecule has 1 saturated heterocycles. The third-order valence-electron chi connectivity index (χ3n) is 2.99. The Labute approximate surface area is 109 Å². The number of pyridine rings is 1. The third-order valence-corrected chi connectivity index (χ3v) is 2.99. The Morgan fingerprint density at radius 1 is 1.47 bits per heavy atom. The van der Waals surface area contributed by atoms with Crippen molar-refractivity contribution < 1.29 is 17.9 Å². The van der Waals surface area contributed by atoms with Crippen molar-refractivity contribution in [1.29, 1.82) is 0 Å². The summed E-state index contributed by atoms with van der Waals surface area (Å²) in [6, 6.07) is 2.12. The molecule has 0 saturated carbocycles. The molecule has 4 nitrogen and oxygen atoms in total. The van der Waals surface area contributed by atoms with Gasteiger partial charge < -0.3 is 15.4 Å². The van der Waals surface area contributed by atoms with Crippen LogP contribution < -0.4 is 10.6 Å². The normalized spacial score (nSPS) is 20.7. The number of halogens is 3. The zero-order chi connectivity index (χ0) is 14.0. The van der Waals surface area contributed by atoms with Crippen LogP contribution in [0.5, 0.6) is 0 Å². The van der Waals surface area contributed by atoms with Gasteiger partial charge in [0, 0.05) is 25.3 Å². The van der Waals surface area contributed by atoms with Gasteiger partial charge in [-0.25, -0.2) is 4.98 Å². The van der Waals surface area contributed by atoms with Crippen molar-refractivity contribution in [3.63, 3.8) is 0 Å². The van der Waals surface area contributed by atoms with E-state index in [0.29, 0.717) is 37.8 Å². The maximum atomic E-state index is 12.8. The van der Waals surface area contributed by atoms with Gasteiger partial charge in [-0.2, -0.15) is 13.2 Å². The van der Waals surface area contributed by atoms with Crippen molar-refractivity contribution in [2.75, 3.05) is 31.1 Å². The van der Waals surface area contributed by atoms with Gasteiger partial charge in [0.15, 0.2) is 0 Å². The van der Waals surface area contributed by atoms with Gasteiger partial charge in [-0.3, -0.25) is 0 Å². The fourth-order valence-corrected chi connectivity index (χ4v) is 2.05. The first-order valence-corrected chi connectivity index (χ1v) is 6.02. The molecule has 1 aliphatic heterocycles. The molecular weight excluding hydrogens is 259 g/mol. The summed E-state index contributed by atoms with van der Waals surface area (Å²) < 4.78 is 43.7. The van der Waals surface area contributed by atoms with E-state index in [1.54, 1.807) is 11.8 Å². The van der Waals surface area contributed by atoms with Crippen LogP contribution in [0.1, 0.15) is 11.3 Å². The molecule has 0 unspecified atom stereocenters.